The molecule has 4 heteroatoms. The van der Waals surface area contributed by atoms with E-state index in [9.17, 15) is 9.18 Å². The lowest BCUT2D eigenvalue weighted by molar-refractivity contribution is -0.122. The van der Waals surface area contributed by atoms with Crippen LogP contribution in [0, 0.1) is 5.82 Å². The van der Waals surface area contributed by atoms with Gasteiger partial charge in [0.2, 0.25) is 5.91 Å². The number of carbonyl (C=O) groups is 1. The van der Waals surface area contributed by atoms with Gasteiger partial charge in [0.05, 0.1) is 6.04 Å². The third kappa shape index (κ3) is 5.83. The van der Waals surface area contributed by atoms with Crippen LogP contribution in [0.2, 0.25) is 0 Å². The van der Waals surface area contributed by atoms with Crippen LogP contribution in [0.5, 0.6) is 0 Å². The predicted molar refractivity (Wildman–Crippen MR) is 75.5 cm³/mol. The van der Waals surface area contributed by atoms with Gasteiger partial charge in [0.1, 0.15) is 5.82 Å². The Morgan fingerprint density at radius 3 is 2.74 bits per heavy atom. The molecule has 0 radical (unpaired) electrons. The smallest absolute Gasteiger partial charge is 0.236 e. The Kier molecular flexibility index (Phi) is 7.11. The molecule has 0 aliphatic carbocycles. The molecule has 1 aromatic carbocycles. The lowest BCUT2D eigenvalue weighted by Crippen LogP contribution is -2.43. The Labute approximate surface area is 114 Å². The fourth-order valence-electron chi connectivity index (χ4n) is 1.76. The molecule has 19 heavy (non-hydrogen) atoms. The molecule has 0 heterocycles. The van der Waals surface area contributed by atoms with Crippen LogP contribution in [-0.2, 0) is 11.2 Å². The second-order valence-electron chi connectivity index (χ2n) is 4.66. The first kappa shape index (κ1) is 15.6. The first-order chi connectivity index (χ1) is 9.15. The highest BCUT2D eigenvalue weighted by Gasteiger charge is 2.11. The number of unbranched alkanes of at least 4 members (excludes halogenated alkanes) is 1. The number of nitrogens with one attached hydrogen (secondary N) is 2. The molecule has 106 valence electrons. The van der Waals surface area contributed by atoms with Crippen molar-refractivity contribution in [1.82, 2.24) is 10.6 Å². The van der Waals surface area contributed by atoms with Crippen molar-refractivity contribution in [2.45, 2.75) is 39.2 Å². The summed E-state index contributed by atoms with van der Waals surface area (Å²) >= 11 is 0. The largest absolute Gasteiger partial charge is 0.355 e. The summed E-state index contributed by atoms with van der Waals surface area (Å²) in [5.74, 6) is -0.189. The fourth-order valence-corrected chi connectivity index (χ4v) is 1.76. The molecule has 1 unspecified atom stereocenters. The molecule has 2 N–H and O–H groups in total. The van der Waals surface area contributed by atoms with E-state index in [1.807, 2.05) is 13.0 Å². The number of halogens is 1. The molecular weight excluding hydrogens is 243 g/mol. The van der Waals surface area contributed by atoms with Crippen LogP contribution >= 0.6 is 0 Å². The normalized spacial score (nSPS) is 12.2. The molecule has 0 aliphatic heterocycles. The van der Waals surface area contributed by atoms with E-state index in [1.54, 1.807) is 12.1 Å². The molecule has 0 aromatic heterocycles. The van der Waals surface area contributed by atoms with Crippen LogP contribution in [0.3, 0.4) is 0 Å². The number of rotatable bonds is 8. The summed E-state index contributed by atoms with van der Waals surface area (Å²) in [7, 11) is 0. The maximum Gasteiger partial charge on any atom is 0.236 e. The molecule has 1 atom stereocenters. The molecule has 1 rings (SSSR count). The topological polar surface area (TPSA) is 41.1 Å². The summed E-state index contributed by atoms with van der Waals surface area (Å²) in [6, 6.07) is 6.47. The Morgan fingerprint density at radius 1 is 1.32 bits per heavy atom. The summed E-state index contributed by atoms with van der Waals surface area (Å²) in [5.41, 5.74) is 0.675. The van der Waals surface area contributed by atoms with Crippen molar-refractivity contribution >= 4 is 5.91 Å². The standard InChI is InChI=1S/C15H23FN2O/c1-3-4-10-18-15(19)12(2)17-11-9-13-7-5-6-8-14(13)16/h5-8,12,17H,3-4,9-11H2,1-2H3,(H,18,19). The van der Waals surface area contributed by atoms with Gasteiger partial charge in [0.25, 0.3) is 0 Å². The minimum Gasteiger partial charge on any atom is -0.355 e. The van der Waals surface area contributed by atoms with Gasteiger partial charge in [0, 0.05) is 13.1 Å². The van der Waals surface area contributed by atoms with E-state index in [0.717, 1.165) is 12.8 Å². The minimum absolute atomic E-state index is 0.00184. The zero-order valence-corrected chi connectivity index (χ0v) is 11.7. The molecule has 3 nitrogen and oxygen atoms in total. The first-order valence-corrected chi connectivity index (χ1v) is 6.89. The molecule has 0 saturated carbocycles. The van der Waals surface area contributed by atoms with Crippen molar-refractivity contribution in [2.24, 2.45) is 0 Å². The zero-order valence-electron chi connectivity index (χ0n) is 11.7. The van der Waals surface area contributed by atoms with Crippen molar-refractivity contribution in [3.8, 4) is 0 Å². The molecule has 0 saturated heterocycles. The number of hydrogen-bond donors (Lipinski definition) is 2. The van der Waals surface area contributed by atoms with Crippen molar-refractivity contribution in [2.75, 3.05) is 13.1 Å². The van der Waals surface area contributed by atoms with Gasteiger partial charge in [-0.2, -0.15) is 0 Å². The SMILES string of the molecule is CCCCNC(=O)C(C)NCCc1ccccc1F. The summed E-state index contributed by atoms with van der Waals surface area (Å²) in [6.45, 7) is 5.21. The van der Waals surface area contributed by atoms with Crippen molar-refractivity contribution in [3.05, 3.63) is 35.6 Å². The predicted octanol–water partition coefficient (Wildman–Crippen LogP) is 2.26. The van der Waals surface area contributed by atoms with E-state index < -0.39 is 0 Å². The second kappa shape index (κ2) is 8.64. The lowest BCUT2D eigenvalue weighted by Gasteiger charge is -2.14. The molecule has 0 spiro atoms. The highest BCUT2D eigenvalue weighted by molar-refractivity contribution is 5.81. The van der Waals surface area contributed by atoms with E-state index in [-0.39, 0.29) is 17.8 Å². The van der Waals surface area contributed by atoms with Gasteiger partial charge in [0.15, 0.2) is 0 Å². The van der Waals surface area contributed by atoms with Gasteiger partial charge < -0.3 is 10.6 Å². The Hall–Kier alpha value is -1.42. The van der Waals surface area contributed by atoms with Crippen LogP contribution in [0.15, 0.2) is 24.3 Å². The molecule has 0 fully saturated rings. The third-order valence-corrected chi connectivity index (χ3v) is 3.03. The summed E-state index contributed by atoms with van der Waals surface area (Å²) in [4.78, 5) is 11.7. The van der Waals surface area contributed by atoms with E-state index >= 15 is 0 Å². The van der Waals surface area contributed by atoms with Gasteiger partial charge in [-0.25, -0.2) is 4.39 Å². The highest BCUT2D eigenvalue weighted by atomic mass is 19.1. The Morgan fingerprint density at radius 2 is 2.05 bits per heavy atom. The number of carbonyl (C=O) groups excluding carboxylic acids is 1. The van der Waals surface area contributed by atoms with E-state index in [1.165, 1.54) is 6.07 Å². The monoisotopic (exact) mass is 266 g/mol. The van der Waals surface area contributed by atoms with Crippen LogP contribution in [0.25, 0.3) is 0 Å². The number of benzene rings is 1. The van der Waals surface area contributed by atoms with E-state index in [4.69, 9.17) is 0 Å². The summed E-state index contributed by atoms with van der Waals surface area (Å²) in [6.07, 6.45) is 2.64. The molecule has 1 aromatic rings. The minimum atomic E-state index is -0.247. The molecule has 1 amide bonds. The van der Waals surface area contributed by atoms with Crippen LogP contribution in [0.1, 0.15) is 32.3 Å². The lowest BCUT2D eigenvalue weighted by atomic mass is 10.1. The first-order valence-electron chi connectivity index (χ1n) is 6.89. The van der Waals surface area contributed by atoms with Crippen LogP contribution in [0.4, 0.5) is 4.39 Å². The average Bonchev–Trinajstić information content (AvgIpc) is 2.41. The third-order valence-electron chi connectivity index (χ3n) is 3.03. The average molecular weight is 266 g/mol. The van der Waals surface area contributed by atoms with E-state index in [0.29, 0.717) is 25.1 Å². The fraction of sp³-hybridized carbons (Fsp3) is 0.533. The Balaban J connectivity index is 2.25. The highest BCUT2D eigenvalue weighted by Crippen LogP contribution is 2.06. The van der Waals surface area contributed by atoms with E-state index in [2.05, 4.69) is 17.6 Å². The Bertz CT molecular complexity index is 395. The van der Waals surface area contributed by atoms with Gasteiger partial charge >= 0.3 is 0 Å². The molecular formula is C15H23FN2O. The summed E-state index contributed by atoms with van der Waals surface area (Å²) in [5, 5.41) is 5.97. The zero-order chi connectivity index (χ0) is 14.1. The van der Waals surface area contributed by atoms with Crippen LogP contribution < -0.4 is 10.6 Å². The number of amides is 1. The van der Waals surface area contributed by atoms with Gasteiger partial charge in [-0.3, -0.25) is 4.79 Å². The van der Waals surface area contributed by atoms with Gasteiger partial charge in [-0.05, 0) is 31.4 Å². The quantitative estimate of drug-likeness (QED) is 0.709. The second-order valence-corrected chi connectivity index (χ2v) is 4.66. The van der Waals surface area contributed by atoms with Gasteiger partial charge in [-0.15, -0.1) is 0 Å². The van der Waals surface area contributed by atoms with Crippen LogP contribution in [-0.4, -0.2) is 25.0 Å². The van der Waals surface area contributed by atoms with Crippen molar-refractivity contribution in [3.63, 3.8) is 0 Å². The van der Waals surface area contributed by atoms with Crippen molar-refractivity contribution < 1.29 is 9.18 Å². The van der Waals surface area contributed by atoms with Crippen molar-refractivity contribution in [1.29, 1.82) is 0 Å². The maximum absolute atomic E-state index is 13.4. The number of hydrogen-bond acceptors (Lipinski definition) is 2. The summed E-state index contributed by atoms with van der Waals surface area (Å²) < 4.78 is 13.4. The maximum atomic E-state index is 13.4. The molecule has 0 aliphatic rings. The molecule has 0 bridgehead atoms. The van der Waals surface area contributed by atoms with Gasteiger partial charge in [-0.1, -0.05) is 31.5 Å².